The molecule has 0 bridgehead atoms. The number of halogens is 1. The molecule has 22 heavy (non-hydrogen) atoms. The molecule has 0 saturated carbocycles. The molecule has 118 valence electrons. The van der Waals surface area contributed by atoms with Crippen molar-refractivity contribution in [3.63, 3.8) is 0 Å². The maximum absolute atomic E-state index is 13.4. The minimum Gasteiger partial charge on any atom is -0.283 e. The van der Waals surface area contributed by atoms with Crippen LogP contribution < -0.4 is 0 Å². The molecule has 0 atom stereocenters. The fourth-order valence-corrected chi connectivity index (χ4v) is 4.08. The molecule has 0 amide bonds. The van der Waals surface area contributed by atoms with Crippen molar-refractivity contribution in [1.82, 2.24) is 0 Å². The number of rotatable bonds is 5. The Kier molecular flexibility index (Phi) is 4.71. The van der Waals surface area contributed by atoms with Gasteiger partial charge in [0, 0.05) is 28.5 Å². The van der Waals surface area contributed by atoms with Gasteiger partial charge in [0.25, 0.3) is 5.71 Å². The SMILES string of the molecule is CCCCCCc1cc2c(s1)[N+](O)=C1CCC(F)=CC1=NC2. The predicted octanol–water partition coefficient (Wildman–Crippen LogP) is 4.95. The van der Waals surface area contributed by atoms with E-state index in [0.717, 1.165) is 22.7 Å². The Hall–Kier alpha value is -1.49. The second kappa shape index (κ2) is 6.73. The molecule has 2 aliphatic rings. The highest BCUT2D eigenvalue weighted by atomic mass is 32.1. The minimum atomic E-state index is -0.155. The lowest BCUT2D eigenvalue weighted by atomic mass is 10.0. The number of thiophene rings is 1. The van der Waals surface area contributed by atoms with Crippen molar-refractivity contribution in [3.05, 3.63) is 28.4 Å². The third-order valence-corrected chi connectivity index (χ3v) is 5.38. The summed E-state index contributed by atoms with van der Waals surface area (Å²) in [6, 6.07) is 2.15. The van der Waals surface area contributed by atoms with Gasteiger partial charge in [-0.05, 0) is 18.9 Å². The molecule has 0 fully saturated rings. The molecular weight excluding hydrogens is 299 g/mol. The smallest absolute Gasteiger partial charge is 0.283 e. The summed E-state index contributed by atoms with van der Waals surface area (Å²) in [6.45, 7) is 2.73. The summed E-state index contributed by atoms with van der Waals surface area (Å²) in [5.74, 6) is -0.155. The lowest BCUT2D eigenvalue weighted by Gasteiger charge is -2.06. The van der Waals surface area contributed by atoms with Crippen molar-refractivity contribution in [3.8, 4) is 0 Å². The van der Waals surface area contributed by atoms with Crippen molar-refractivity contribution in [1.29, 1.82) is 0 Å². The molecule has 1 aromatic rings. The van der Waals surface area contributed by atoms with Crippen LogP contribution in [0.25, 0.3) is 0 Å². The van der Waals surface area contributed by atoms with E-state index >= 15 is 0 Å². The summed E-state index contributed by atoms with van der Waals surface area (Å²) in [4.78, 5) is 5.78. The van der Waals surface area contributed by atoms with E-state index in [9.17, 15) is 9.60 Å². The number of allylic oxidation sites excluding steroid dienone is 2. The summed E-state index contributed by atoms with van der Waals surface area (Å²) < 4.78 is 14.6. The number of hydrogen-bond donors (Lipinski definition) is 1. The van der Waals surface area contributed by atoms with E-state index in [4.69, 9.17) is 0 Å². The Labute approximate surface area is 134 Å². The van der Waals surface area contributed by atoms with Crippen LogP contribution in [0.4, 0.5) is 9.39 Å². The summed E-state index contributed by atoms with van der Waals surface area (Å²) in [6.07, 6.45) is 8.32. The normalized spacial score (nSPS) is 17.5. The molecule has 1 N–H and O–H groups in total. The molecular formula is C17H22FN2OS+. The Morgan fingerprint density at radius 2 is 2.18 bits per heavy atom. The monoisotopic (exact) mass is 321 g/mol. The molecule has 2 heterocycles. The predicted molar refractivity (Wildman–Crippen MR) is 88.4 cm³/mol. The Bertz CT molecular complexity index is 658. The zero-order valence-corrected chi connectivity index (χ0v) is 13.8. The van der Waals surface area contributed by atoms with Crippen LogP contribution in [-0.2, 0) is 13.0 Å². The zero-order valence-electron chi connectivity index (χ0n) is 12.9. The Balaban J connectivity index is 1.81. The van der Waals surface area contributed by atoms with Gasteiger partial charge in [0.2, 0.25) is 0 Å². The van der Waals surface area contributed by atoms with Gasteiger partial charge in [-0.2, -0.15) is 0 Å². The number of hydrogen-bond acceptors (Lipinski definition) is 3. The molecule has 0 saturated heterocycles. The minimum absolute atomic E-state index is 0.155. The van der Waals surface area contributed by atoms with E-state index < -0.39 is 0 Å². The number of nitrogens with zero attached hydrogens (tertiary/aromatic N) is 2. The van der Waals surface area contributed by atoms with Gasteiger partial charge in [-0.1, -0.05) is 37.5 Å². The average molecular weight is 321 g/mol. The number of fused-ring (bicyclic) bond motifs is 2. The van der Waals surface area contributed by atoms with E-state index in [1.165, 1.54) is 41.4 Å². The van der Waals surface area contributed by atoms with Gasteiger partial charge in [-0.15, -0.1) is 0 Å². The first-order chi connectivity index (χ1) is 10.7. The topological polar surface area (TPSA) is 35.6 Å². The third-order valence-electron chi connectivity index (χ3n) is 4.17. The standard InChI is InChI=1S/C17H22FN2OS/c1-2-3-4-5-6-14-9-12-11-19-15-10-13(18)7-8-16(15)20(21)17(12)22-14/h9-10,21H,2-8,11H2,1H3/q+1. The van der Waals surface area contributed by atoms with Crippen LogP contribution in [0.1, 0.15) is 55.9 Å². The van der Waals surface area contributed by atoms with Crippen molar-refractivity contribution in [2.75, 3.05) is 0 Å². The van der Waals surface area contributed by atoms with Crippen molar-refractivity contribution >= 4 is 27.8 Å². The molecule has 0 radical (unpaired) electrons. The van der Waals surface area contributed by atoms with Gasteiger partial charge in [-0.25, -0.2) is 4.39 Å². The molecule has 3 rings (SSSR count). The van der Waals surface area contributed by atoms with E-state index in [2.05, 4.69) is 18.0 Å². The van der Waals surface area contributed by atoms with Crippen LogP contribution >= 0.6 is 11.3 Å². The second-order valence-electron chi connectivity index (χ2n) is 5.90. The van der Waals surface area contributed by atoms with Crippen LogP contribution in [0.5, 0.6) is 0 Å². The summed E-state index contributed by atoms with van der Waals surface area (Å²) >= 11 is 1.64. The molecule has 3 nitrogen and oxygen atoms in total. The van der Waals surface area contributed by atoms with E-state index in [-0.39, 0.29) is 5.83 Å². The summed E-state index contributed by atoms with van der Waals surface area (Å²) in [5, 5.41) is 11.4. The molecule has 1 aromatic heterocycles. The number of unbranched alkanes of at least 4 members (excludes halogenated alkanes) is 3. The molecule has 1 aliphatic heterocycles. The van der Waals surface area contributed by atoms with Crippen molar-refractivity contribution in [2.45, 2.75) is 58.4 Å². The fraction of sp³-hybridized carbons (Fsp3) is 0.529. The van der Waals surface area contributed by atoms with E-state index in [1.54, 1.807) is 11.3 Å². The molecule has 0 aromatic carbocycles. The first-order valence-corrected chi connectivity index (χ1v) is 8.88. The van der Waals surface area contributed by atoms with Crippen LogP contribution in [0.15, 0.2) is 23.0 Å². The first kappa shape index (κ1) is 15.4. The van der Waals surface area contributed by atoms with Crippen LogP contribution in [0.2, 0.25) is 0 Å². The number of aryl methyl sites for hydroxylation is 1. The van der Waals surface area contributed by atoms with Crippen molar-refractivity contribution < 1.29 is 14.3 Å². The van der Waals surface area contributed by atoms with Crippen LogP contribution in [0, 0.1) is 0 Å². The lowest BCUT2D eigenvalue weighted by Crippen LogP contribution is -2.24. The summed E-state index contributed by atoms with van der Waals surface area (Å²) in [5.41, 5.74) is 2.35. The average Bonchev–Trinajstić information content (AvgIpc) is 2.87. The van der Waals surface area contributed by atoms with Crippen LogP contribution in [0.3, 0.4) is 0 Å². The van der Waals surface area contributed by atoms with Gasteiger partial charge < -0.3 is 0 Å². The van der Waals surface area contributed by atoms with Gasteiger partial charge in [-0.3, -0.25) is 10.2 Å². The quantitative estimate of drug-likeness (QED) is 0.465. The Morgan fingerprint density at radius 1 is 1.32 bits per heavy atom. The third kappa shape index (κ3) is 3.14. The number of aliphatic imine (C=N–C) groups is 1. The maximum Gasteiger partial charge on any atom is 0.317 e. The van der Waals surface area contributed by atoms with Gasteiger partial charge in [0.15, 0.2) is 0 Å². The second-order valence-corrected chi connectivity index (χ2v) is 7.02. The summed E-state index contributed by atoms with van der Waals surface area (Å²) in [7, 11) is 0. The maximum atomic E-state index is 13.4. The Morgan fingerprint density at radius 3 is 3.00 bits per heavy atom. The molecule has 1 aliphatic carbocycles. The highest BCUT2D eigenvalue weighted by molar-refractivity contribution is 7.15. The molecule has 0 spiro atoms. The molecule has 5 heteroatoms. The highest BCUT2D eigenvalue weighted by Gasteiger charge is 2.32. The van der Waals surface area contributed by atoms with Crippen LogP contribution in [-0.4, -0.2) is 21.4 Å². The largest absolute Gasteiger partial charge is 0.317 e. The van der Waals surface area contributed by atoms with E-state index in [0.29, 0.717) is 25.1 Å². The lowest BCUT2D eigenvalue weighted by molar-refractivity contribution is -0.710. The van der Waals surface area contributed by atoms with E-state index in [1.807, 2.05) is 0 Å². The van der Waals surface area contributed by atoms with Gasteiger partial charge >= 0.3 is 5.00 Å². The highest BCUT2D eigenvalue weighted by Crippen LogP contribution is 2.34. The zero-order chi connectivity index (χ0) is 15.5. The van der Waals surface area contributed by atoms with Gasteiger partial charge in [0.05, 0.1) is 12.1 Å². The molecule has 0 unspecified atom stereocenters. The fourth-order valence-electron chi connectivity index (χ4n) is 2.93. The van der Waals surface area contributed by atoms with Gasteiger partial charge in [0.1, 0.15) is 11.5 Å². The first-order valence-electron chi connectivity index (χ1n) is 8.06. The van der Waals surface area contributed by atoms with Crippen molar-refractivity contribution in [2.24, 2.45) is 4.99 Å².